The Morgan fingerprint density at radius 2 is 1.86 bits per heavy atom. The van der Waals surface area contributed by atoms with Crippen molar-refractivity contribution in [2.75, 3.05) is 0 Å². The summed E-state index contributed by atoms with van der Waals surface area (Å²) in [5.74, 6) is 2.38. The summed E-state index contributed by atoms with van der Waals surface area (Å²) in [6, 6.07) is 6.59. The lowest BCUT2D eigenvalue weighted by Gasteiger charge is -2.16. The average Bonchev–Trinajstić information content (AvgIpc) is 2.18. The fraction of sp³-hybridized carbons (Fsp3) is 0.333. The summed E-state index contributed by atoms with van der Waals surface area (Å²) >= 11 is 0. The van der Waals surface area contributed by atoms with Gasteiger partial charge in [-0.2, -0.15) is 0 Å². The first-order valence-electron chi connectivity index (χ1n) is 4.61. The van der Waals surface area contributed by atoms with E-state index in [0.717, 1.165) is 5.56 Å². The maximum absolute atomic E-state index is 12.6. The Hall–Kier alpha value is -1.33. The first-order valence-corrected chi connectivity index (χ1v) is 4.61. The van der Waals surface area contributed by atoms with Crippen LogP contribution in [-0.4, -0.2) is 6.04 Å². The molecule has 0 spiro atoms. The molecular weight excluding hydrogens is 177 g/mol. The van der Waals surface area contributed by atoms with E-state index in [0.29, 0.717) is 0 Å². The molecule has 1 nitrogen and oxygen atoms in total. The van der Waals surface area contributed by atoms with E-state index in [4.69, 9.17) is 6.42 Å². The van der Waals surface area contributed by atoms with E-state index in [2.05, 4.69) is 11.2 Å². The number of nitrogens with one attached hydrogen (secondary N) is 1. The van der Waals surface area contributed by atoms with Crippen LogP contribution in [0.25, 0.3) is 0 Å². The second kappa shape index (κ2) is 4.78. The molecule has 1 aromatic carbocycles. The molecule has 2 atom stereocenters. The summed E-state index contributed by atoms with van der Waals surface area (Å²) in [6.45, 7) is 3.92. The van der Waals surface area contributed by atoms with Crippen molar-refractivity contribution in [1.29, 1.82) is 0 Å². The van der Waals surface area contributed by atoms with Crippen LogP contribution in [0.4, 0.5) is 4.39 Å². The van der Waals surface area contributed by atoms with Crippen LogP contribution in [0, 0.1) is 18.2 Å². The van der Waals surface area contributed by atoms with Gasteiger partial charge in [0.25, 0.3) is 0 Å². The lowest BCUT2D eigenvalue weighted by molar-refractivity contribution is 0.544. The zero-order chi connectivity index (χ0) is 10.6. The minimum Gasteiger partial charge on any atom is -0.297 e. The molecule has 2 heteroatoms. The summed E-state index contributed by atoms with van der Waals surface area (Å²) in [6.07, 6.45) is 5.25. The lowest BCUT2D eigenvalue weighted by atomic mass is 10.1. The van der Waals surface area contributed by atoms with Gasteiger partial charge in [-0.25, -0.2) is 4.39 Å². The van der Waals surface area contributed by atoms with Gasteiger partial charge in [-0.15, -0.1) is 6.42 Å². The van der Waals surface area contributed by atoms with E-state index in [-0.39, 0.29) is 17.9 Å². The van der Waals surface area contributed by atoms with Crippen molar-refractivity contribution in [3.05, 3.63) is 35.6 Å². The first-order chi connectivity index (χ1) is 6.63. The third kappa shape index (κ3) is 2.86. The van der Waals surface area contributed by atoms with E-state index in [1.807, 2.05) is 13.8 Å². The summed E-state index contributed by atoms with van der Waals surface area (Å²) < 4.78 is 12.6. The Balaban J connectivity index is 2.66. The molecule has 0 saturated heterocycles. The molecule has 1 unspecified atom stereocenters. The zero-order valence-corrected chi connectivity index (χ0v) is 8.42. The summed E-state index contributed by atoms with van der Waals surface area (Å²) in [4.78, 5) is 0. The van der Waals surface area contributed by atoms with Crippen molar-refractivity contribution in [2.24, 2.45) is 0 Å². The van der Waals surface area contributed by atoms with Gasteiger partial charge < -0.3 is 0 Å². The average molecular weight is 191 g/mol. The third-order valence-electron chi connectivity index (χ3n) is 2.12. The number of benzene rings is 1. The highest BCUT2D eigenvalue weighted by molar-refractivity contribution is 5.19. The zero-order valence-electron chi connectivity index (χ0n) is 8.42. The fourth-order valence-electron chi connectivity index (χ4n) is 1.27. The highest BCUT2D eigenvalue weighted by Crippen LogP contribution is 2.13. The Morgan fingerprint density at radius 3 is 2.36 bits per heavy atom. The van der Waals surface area contributed by atoms with Crippen LogP contribution in [0.5, 0.6) is 0 Å². The van der Waals surface area contributed by atoms with Crippen LogP contribution in [0.2, 0.25) is 0 Å². The van der Waals surface area contributed by atoms with Crippen LogP contribution in [0.3, 0.4) is 0 Å². The van der Waals surface area contributed by atoms with E-state index in [9.17, 15) is 4.39 Å². The first kappa shape index (κ1) is 10.7. The Bertz CT molecular complexity index is 323. The number of terminal acetylenes is 1. The van der Waals surface area contributed by atoms with E-state index < -0.39 is 0 Å². The van der Waals surface area contributed by atoms with Crippen LogP contribution in [-0.2, 0) is 0 Å². The van der Waals surface area contributed by atoms with Gasteiger partial charge in [0, 0.05) is 6.04 Å². The summed E-state index contributed by atoms with van der Waals surface area (Å²) in [5.41, 5.74) is 1.04. The SMILES string of the molecule is C#CC(C)N[C@@H](C)c1ccc(F)cc1. The van der Waals surface area contributed by atoms with Crippen LogP contribution in [0.1, 0.15) is 25.5 Å². The molecule has 1 N–H and O–H groups in total. The van der Waals surface area contributed by atoms with Gasteiger partial charge in [-0.3, -0.25) is 5.32 Å². The highest BCUT2D eigenvalue weighted by Gasteiger charge is 2.06. The molecule has 0 fully saturated rings. The van der Waals surface area contributed by atoms with Crippen molar-refractivity contribution in [3.63, 3.8) is 0 Å². The molecule has 0 aliphatic heterocycles. The molecular formula is C12H14FN. The fourth-order valence-corrected chi connectivity index (χ4v) is 1.27. The Morgan fingerprint density at radius 1 is 1.29 bits per heavy atom. The van der Waals surface area contributed by atoms with Gasteiger partial charge in [0.2, 0.25) is 0 Å². The minimum atomic E-state index is -0.217. The number of hydrogen-bond acceptors (Lipinski definition) is 1. The highest BCUT2D eigenvalue weighted by atomic mass is 19.1. The second-order valence-electron chi connectivity index (χ2n) is 3.33. The minimum absolute atomic E-state index is 0.0232. The molecule has 0 aliphatic rings. The number of halogens is 1. The van der Waals surface area contributed by atoms with Gasteiger partial charge in [-0.1, -0.05) is 18.1 Å². The van der Waals surface area contributed by atoms with Crippen LogP contribution >= 0.6 is 0 Å². The Labute approximate surface area is 84.3 Å². The quantitative estimate of drug-likeness (QED) is 0.724. The smallest absolute Gasteiger partial charge is 0.123 e. The molecule has 0 radical (unpaired) electrons. The largest absolute Gasteiger partial charge is 0.297 e. The van der Waals surface area contributed by atoms with Crippen molar-refractivity contribution in [1.82, 2.24) is 5.32 Å². The van der Waals surface area contributed by atoms with Gasteiger partial charge in [0.15, 0.2) is 0 Å². The van der Waals surface area contributed by atoms with Crippen LogP contribution < -0.4 is 5.32 Å². The molecule has 0 saturated carbocycles. The molecule has 1 aromatic rings. The molecule has 0 bridgehead atoms. The van der Waals surface area contributed by atoms with E-state index >= 15 is 0 Å². The number of hydrogen-bond donors (Lipinski definition) is 1. The molecule has 0 aliphatic carbocycles. The Kier molecular flexibility index (Phi) is 3.67. The molecule has 0 amide bonds. The molecule has 14 heavy (non-hydrogen) atoms. The predicted molar refractivity (Wildman–Crippen MR) is 56.2 cm³/mol. The van der Waals surface area contributed by atoms with Crippen molar-refractivity contribution < 1.29 is 4.39 Å². The summed E-state index contributed by atoms with van der Waals surface area (Å²) in [5, 5.41) is 3.21. The normalized spacial score (nSPS) is 14.4. The lowest BCUT2D eigenvalue weighted by Crippen LogP contribution is -2.27. The molecule has 0 aromatic heterocycles. The van der Waals surface area contributed by atoms with Crippen molar-refractivity contribution >= 4 is 0 Å². The predicted octanol–water partition coefficient (Wildman–Crippen LogP) is 2.50. The van der Waals surface area contributed by atoms with Crippen molar-refractivity contribution in [3.8, 4) is 12.3 Å². The maximum atomic E-state index is 12.6. The standard InChI is InChI=1S/C12H14FN/c1-4-9(2)14-10(3)11-5-7-12(13)8-6-11/h1,5-10,14H,2-3H3/t9?,10-/m0/s1. The van der Waals surface area contributed by atoms with Crippen molar-refractivity contribution in [2.45, 2.75) is 25.9 Å². The van der Waals surface area contributed by atoms with Gasteiger partial charge >= 0.3 is 0 Å². The molecule has 1 rings (SSSR count). The number of rotatable bonds is 3. The summed E-state index contributed by atoms with van der Waals surface area (Å²) in [7, 11) is 0. The molecule has 0 heterocycles. The van der Waals surface area contributed by atoms with Gasteiger partial charge in [0.05, 0.1) is 6.04 Å². The molecule has 74 valence electrons. The van der Waals surface area contributed by atoms with E-state index in [1.54, 1.807) is 12.1 Å². The monoisotopic (exact) mass is 191 g/mol. The third-order valence-corrected chi connectivity index (χ3v) is 2.12. The second-order valence-corrected chi connectivity index (χ2v) is 3.33. The van der Waals surface area contributed by atoms with E-state index in [1.165, 1.54) is 12.1 Å². The van der Waals surface area contributed by atoms with Gasteiger partial charge in [0.1, 0.15) is 5.82 Å². The maximum Gasteiger partial charge on any atom is 0.123 e. The van der Waals surface area contributed by atoms with Crippen LogP contribution in [0.15, 0.2) is 24.3 Å². The topological polar surface area (TPSA) is 12.0 Å². The van der Waals surface area contributed by atoms with Gasteiger partial charge in [-0.05, 0) is 31.5 Å².